The van der Waals surface area contributed by atoms with Gasteiger partial charge in [-0.15, -0.1) is 0 Å². The molecule has 0 amide bonds. The van der Waals surface area contributed by atoms with Crippen LogP contribution >= 0.6 is 0 Å². The van der Waals surface area contributed by atoms with Gasteiger partial charge in [0.05, 0.1) is 0 Å². The molecule has 0 saturated carbocycles. The molecule has 0 aromatic carbocycles. The van der Waals surface area contributed by atoms with Gasteiger partial charge in [0.2, 0.25) is 0 Å². The van der Waals surface area contributed by atoms with Crippen LogP contribution in [0.4, 0.5) is 0 Å². The summed E-state index contributed by atoms with van der Waals surface area (Å²) in [5, 5.41) is 0. The van der Waals surface area contributed by atoms with Crippen LogP contribution < -0.4 is 35.7 Å². The average molecular weight is 108 g/mol. The fourth-order valence-corrected chi connectivity index (χ4v) is 0. The van der Waals surface area contributed by atoms with E-state index in [1.807, 2.05) is 0 Å². The Kier molecular flexibility index (Phi) is 123. The molecule has 0 spiro atoms. The Morgan fingerprint density at radius 2 is 1.25 bits per heavy atom. The number of quaternary nitrogens is 1. The molecule has 0 bridgehead atoms. The van der Waals surface area contributed by atoms with Crippen LogP contribution in [-0.4, -0.2) is 0 Å². The SMILES string of the molecule is [NH4+].[Na+].[O]=[V]. The maximum absolute atomic E-state index is 8.19. The van der Waals surface area contributed by atoms with Crippen LogP contribution in [0.2, 0.25) is 0 Å². The van der Waals surface area contributed by atoms with Crippen LogP contribution in [0.1, 0.15) is 0 Å². The van der Waals surface area contributed by atoms with E-state index in [0.717, 1.165) is 17.4 Å². The van der Waals surface area contributed by atoms with Crippen LogP contribution in [0.3, 0.4) is 0 Å². The molecule has 0 fully saturated rings. The molecule has 0 aromatic rings. The molecule has 19 valence electrons. The first-order valence-electron chi connectivity index (χ1n) is 0.183. The summed E-state index contributed by atoms with van der Waals surface area (Å²) in [6, 6.07) is 0. The number of rotatable bonds is 0. The summed E-state index contributed by atoms with van der Waals surface area (Å²) < 4.78 is 8.19. The zero-order chi connectivity index (χ0) is 2.00. The number of hydrogen-bond acceptors (Lipinski definition) is 1. The standard InChI is InChI=1S/H3N.Na.O.V/h1H3;;;/q;+1;;/p+1. The van der Waals surface area contributed by atoms with Gasteiger partial charge in [0.1, 0.15) is 0 Å². The first-order chi connectivity index (χ1) is 1.00. The van der Waals surface area contributed by atoms with E-state index in [2.05, 4.69) is 0 Å². The molecule has 0 aliphatic rings. The van der Waals surface area contributed by atoms with Gasteiger partial charge in [0, 0.05) is 0 Å². The Morgan fingerprint density at radius 3 is 1.25 bits per heavy atom. The molecular weight excluding hydrogens is 104 g/mol. The molecule has 2 nitrogen and oxygen atoms in total. The minimum atomic E-state index is 0. The topological polar surface area (TPSA) is 53.6 Å². The summed E-state index contributed by atoms with van der Waals surface area (Å²) in [5.41, 5.74) is 0. The first kappa shape index (κ1) is 18.4. The predicted octanol–water partition coefficient (Wildman–Crippen LogP) is -2.74. The van der Waals surface area contributed by atoms with E-state index in [9.17, 15) is 0 Å². The molecule has 0 saturated heterocycles. The Bertz CT molecular complexity index is 8.00. The second kappa shape index (κ2) is 26.9. The van der Waals surface area contributed by atoms with E-state index in [4.69, 9.17) is 3.67 Å². The van der Waals surface area contributed by atoms with Crippen LogP contribution in [-0.2, 0) is 21.0 Å². The normalized spacial score (nSPS) is 0.750. The van der Waals surface area contributed by atoms with Crippen molar-refractivity contribution in [1.82, 2.24) is 6.15 Å². The molecule has 4 N–H and O–H groups in total. The molecule has 0 radical (unpaired) electrons. The van der Waals surface area contributed by atoms with E-state index in [0.29, 0.717) is 0 Å². The third kappa shape index (κ3) is 10.2. The quantitative estimate of drug-likeness (QED) is 0.336. The van der Waals surface area contributed by atoms with Crippen molar-refractivity contribution in [3.8, 4) is 0 Å². The summed E-state index contributed by atoms with van der Waals surface area (Å²) >= 11 is 1.06. The van der Waals surface area contributed by atoms with E-state index in [1.165, 1.54) is 0 Å². The molecule has 0 aliphatic heterocycles. The van der Waals surface area contributed by atoms with Crippen molar-refractivity contribution in [2.75, 3.05) is 0 Å². The minimum absolute atomic E-state index is 0. The molecule has 0 atom stereocenters. The summed E-state index contributed by atoms with van der Waals surface area (Å²) in [5.74, 6) is 0. The summed E-state index contributed by atoms with van der Waals surface area (Å²) in [4.78, 5) is 0. The van der Waals surface area contributed by atoms with E-state index < -0.39 is 0 Å². The maximum atomic E-state index is 8.19. The first-order valence-corrected chi connectivity index (χ1v) is 0.753. The monoisotopic (exact) mass is 108 g/mol. The van der Waals surface area contributed by atoms with Crippen molar-refractivity contribution < 1.29 is 50.6 Å². The fourth-order valence-electron chi connectivity index (χ4n) is 0. The van der Waals surface area contributed by atoms with Crippen LogP contribution in [0.5, 0.6) is 0 Å². The molecular formula is H4NNaOV+2. The molecule has 0 heterocycles. The summed E-state index contributed by atoms with van der Waals surface area (Å²) in [6.07, 6.45) is 0. The van der Waals surface area contributed by atoms with E-state index >= 15 is 0 Å². The predicted molar refractivity (Wildman–Crippen MR) is 6.67 cm³/mol. The van der Waals surface area contributed by atoms with Crippen LogP contribution in [0.15, 0.2) is 0 Å². The van der Waals surface area contributed by atoms with Gasteiger partial charge in [0.25, 0.3) is 0 Å². The van der Waals surface area contributed by atoms with Gasteiger partial charge in [-0.05, 0) is 0 Å². The van der Waals surface area contributed by atoms with Crippen molar-refractivity contribution in [3.05, 3.63) is 0 Å². The third-order valence-corrected chi connectivity index (χ3v) is 0. The zero-order valence-corrected chi connectivity index (χ0v) is 6.25. The Hall–Kier alpha value is 1.34. The molecule has 0 rings (SSSR count). The van der Waals surface area contributed by atoms with Gasteiger partial charge >= 0.3 is 50.6 Å². The van der Waals surface area contributed by atoms with E-state index in [-0.39, 0.29) is 35.7 Å². The molecule has 4 heteroatoms. The van der Waals surface area contributed by atoms with Crippen LogP contribution in [0.25, 0.3) is 0 Å². The van der Waals surface area contributed by atoms with Crippen molar-refractivity contribution in [2.24, 2.45) is 0 Å². The van der Waals surface area contributed by atoms with Crippen molar-refractivity contribution in [1.29, 1.82) is 0 Å². The van der Waals surface area contributed by atoms with Gasteiger partial charge in [-0.25, -0.2) is 0 Å². The summed E-state index contributed by atoms with van der Waals surface area (Å²) in [6.45, 7) is 0. The van der Waals surface area contributed by atoms with Crippen molar-refractivity contribution in [3.63, 3.8) is 0 Å². The molecule has 0 unspecified atom stereocenters. The average Bonchev–Trinajstić information content (AvgIpc) is 1.00. The van der Waals surface area contributed by atoms with Gasteiger partial charge in [0.15, 0.2) is 0 Å². The number of hydrogen-bond donors (Lipinski definition) is 1. The molecule has 4 heavy (non-hydrogen) atoms. The second-order valence-electron chi connectivity index (χ2n) is 0. The summed E-state index contributed by atoms with van der Waals surface area (Å²) in [7, 11) is 0. The Labute approximate surface area is 56.4 Å². The van der Waals surface area contributed by atoms with E-state index in [1.54, 1.807) is 0 Å². The Morgan fingerprint density at radius 1 is 1.25 bits per heavy atom. The van der Waals surface area contributed by atoms with Gasteiger partial charge in [-0.3, -0.25) is 0 Å². The molecule has 0 aromatic heterocycles. The fraction of sp³-hybridized carbons (Fsp3) is 0. The second-order valence-corrected chi connectivity index (χ2v) is 0. The van der Waals surface area contributed by atoms with Crippen molar-refractivity contribution in [2.45, 2.75) is 0 Å². The zero-order valence-electron chi connectivity index (χ0n) is 2.86. The Balaban J connectivity index is -0.00000000500. The third-order valence-electron chi connectivity index (χ3n) is 0. The van der Waals surface area contributed by atoms with Crippen LogP contribution in [0, 0.1) is 0 Å². The molecule has 0 aliphatic carbocycles. The van der Waals surface area contributed by atoms with Crippen molar-refractivity contribution >= 4 is 0 Å². The van der Waals surface area contributed by atoms with Gasteiger partial charge < -0.3 is 6.15 Å². The van der Waals surface area contributed by atoms with Gasteiger partial charge in [-0.2, -0.15) is 0 Å². The van der Waals surface area contributed by atoms with Gasteiger partial charge in [-0.1, -0.05) is 0 Å².